The van der Waals surface area contributed by atoms with Crippen LogP contribution in [0.1, 0.15) is 26.2 Å². The van der Waals surface area contributed by atoms with E-state index in [-0.39, 0.29) is 12.1 Å². The number of amides is 2. The fraction of sp³-hybridized carbons (Fsp3) is 0.857. The minimum Gasteiger partial charge on any atom is -0.481 e. The Morgan fingerprint density at radius 2 is 2.15 bits per heavy atom. The van der Waals surface area contributed by atoms with Crippen LogP contribution in [0.2, 0.25) is 0 Å². The molecule has 3 atom stereocenters. The van der Waals surface area contributed by atoms with E-state index in [1.54, 1.807) is 16.8 Å². The number of ether oxygens (including phenoxy) is 1. The van der Waals surface area contributed by atoms with Crippen LogP contribution < -0.4 is 0 Å². The van der Waals surface area contributed by atoms with E-state index in [0.29, 0.717) is 32.0 Å². The van der Waals surface area contributed by atoms with Gasteiger partial charge in [0.1, 0.15) is 0 Å². The Hall–Kier alpha value is -1.30. The highest BCUT2D eigenvalue weighted by Gasteiger charge is 2.39. The van der Waals surface area contributed by atoms with Crippen molar-refractivity contribution in [3.8, 4) is 0 Å². The van der Waals surface area contributed by atoms with Gasteiger partial charge in [0.15, 0.2) is 0 Å². The van der Waals surface area contributed by atoms with Crippen LogP contribution in [0.15, 0.2) is 0 Å². The molecular weight excluding hydrogens is 260 g/mol. The third kappa shape index (κ3) is 3.23. The van der Waals surface area contributed by atoms with Crippen molar-refractivity contribution >= 4 is 12.0 Å². The predicted molar refractivity (Wildman–Crippen MR) is 73.5 cm³/mol. The van der Waals surface area contributed by atoms with Crippen LogP contribution in [0.5, 0.6) is 0 Å². The minimum atomic E-state index is -0.809. The molecule has 1 N–H and O–H groups in total. The lowest BCUT2D eigenvalue weighted by Crippen LogP contribution is -2.46. The van der Waals surface area contributed by atoms with Gasteiger partial charge < -0.3 is 19.6 Å². The molecule has 2 heterocycles. The summed E-state index contributed by atoms with van der Waals surface area (Å²) in [7, 11) is 1.79. The van der Waals surface area contributed by atoms with Crippen LogP contribution in [0.25, 0.3) is 0 Å². The first-order valence-electron chi connectivity index (χ1n) is 7.33. The summed E-state index contributed by atoms with van der Waals surface area (Å²) >= 11 is 0. The zero-order valence-corrected chi connectivity index (χ0v) is 12.2. The molecule has 2 amide bonds. The van der Waals surface area contributed by atoms with Crippen molar-refractivity contribution in [3.63, 3.8) is 0 Å². The van der Waals surface area contributed by atoms with Crippen LogP contribution in [-0.2, 0) is 9.53 Å². The molecule has 2 rings (SSSR count). The highest BCUT2D eigenvalue weighted by molar-refractivity contribution is 5.78. The number of hydrogen-bond acceptors (Lipinski definition) is 3. The monoisotopic (exact) mass is 284 g/mol. The lowest BCUT2D eigenvalue weighted by atomic mass is 10.0. The average molecular weight is 284 g/mol. The summed E-state index contributed by atoms with van der Waals surface area (Å²) < 4.78 is 5.43. The van der Waals surface area contributed by atoms with Gasteiger partial charge in [-0.05, 0) is 26.2 Å². The quantitative estimate of drug-likeness (QED) is 0.847. The zero-order chi connectivity index (χ0) is 14.7. The van der Waals surface area contributed by atoms with Crippen molar-refractivity contribution < 1.29 is 19.4 Å². The number of nitrogens with zero attached hydrogens (tertiary/aromatic N) is 2. The van der Waals surface area contributed by atoms with E-state index in [1.807, 2.05) is 6.92 Å². The molecule has 2 aliphatic heterocycles. The number of likely N-dealkylation sites (tertiary alicyclic amines) is 1. The molecule has 0 bridgehead atoms. The van der Waals surface area contributed by atoms with Crippen LogP contribution in [-0.4, -0.2) is 66.3 Å². The lowest BCUT2D eigenvalue weighted by molar-refractivity contribution is -0.142. The van der Waals surface area contributed by atoms with Gasteiger partial charge in [0.05, 0.1) is 12.5 Å². The third-order valence-corrected chi connectivity index (χ3v) is 4.43. The molecule has 20 heavy (non-hydrogen) atoms. The Morgan fingerprint density at radius 1 is 1.40 bits per heavy atom. The zero-order valence-electron chi connectivity index (χ0n) is 12.2. The van der Waals surface area contributed by atoms with Gasteiger partial charge in [-0.3, -0.25) is 4.79 Å². The molecule has 0 saturated carbocycles. The largest absolute Gasteiger partial charge is 0.481 e. The fourth-order valence-corrected chi connectivity index (χ4v) is 3.18. The minimum absolute atomic E-state index is 0.0631. The summed E-state index contributed by atoms with van der Waals surface area (Å²) in [6.45, 7) is 4.56. The average Bonchev–Trinajstić information content (AvgIpc) is 2.81. The first-order valence-corrected chi connectivity index (χ1v) is 7.33. The molecule has 0 aromatic rings. The SMILES string of the molecule is CC1C(C(=O)O)CCN1C(=O)N(C)CC1CCCOC1. The second-order valence-corrected chi connectivity index (χ2v) is 5.91. The summed E-state index contributed by atoms with van der Waals surface area (Å²) in [6, 6.07) is -0.295. The van der Waals surface area contributed by atoms with Gasteiger partial charge in [0, 0.05) is 38.7 Å². The number of rotatable bonds is 3. The predicted octanol–water partition coefficient (Wildman–Crippen LogP) is 1.26. The molecular formula is C14H24N2O4. The van der Waals surface area contributed by atoms with E-state index in [1.165, 1.54) is 0 Å². The lowest BCUT2D eigenvalue weighted by Gasteiger charge is -2.32. The molecule has 2 aliphatic rings. The summed E-state index contributed by atoms with van der Waals surface area (Å²) in [5.74, 6) is -0.854. The summed E-state index contributed by atoms with van der Waals surface area (Å²) in [4.78, 5) is 26.9. The van der Waals surface area contributed by atoms with Crippen LogP contribution in [0.3, 0.4) is 0 Å². The smallest absolute Gasteiger partial charge is 0.320 e. The standard InChI is InChI=1S/C14H24N2O4/c1-10-12(13(17)18)5-6-16(10)14(19)15(2)8-11-4-3-7-20-9-11/h10-12H,3-9H2,1-2H3,(H,17,18). The Morgan fingerprint density at radius 3 is 2.70 bits per heavy atom. The van der Waals surface area contributed by atoms with E-state index in [0.717, 1.165) is 19.4 Å². The van der Waals surface area contributed by atoms with Gasteiger partial charge in [-0.2, -0.15) is 0 Å². The normalized spacial score (nSPS) is 30.3. The summed E-state index contributed by atoms with van der Waals surface area (Å²) in [5, 5.41) is 9.11. The van der Waals surface area contributed by atoms with E-state index in [9.17, 15) is 9.59 Å². The van der Waals surface area contributed by atoms with Crippen molar-refractivity contribution in [1.82, 2.24) is 9.80 Å². The van der Waals surface area contributed by atoms with Crippen molar-refractivity contribution in [2.24, 2.45) is 11.8 Å². The van der Waals surface area contributed by atoms with Crippen molar-refractivity contribution in [2.75, 3.05) is 33.4 Å². The number of carbonyl (C=O) groups excluding carboxylic acids is 1. The van der Waals surface area contributed by atoms with E-state index in [4.69, 9.17) is 9.84 Å². The van der Waals surface area contributed by atoms with Gasteiger partial charge in [-0.25, -0.2) is 4.79 Å². The summed E-state index contributed by atoms with van der Waals surface area (Å²) in [5.41, 5.74) is 0. The number of carboxylic acids is 1. The molecule has 6 heteroatoms. The van der Waals surface area contributed by atoms with Crippen molar-refractivity contribution in [2.45, 2.75) is 32.2 Å². The van der Waals surface area contributed by atoms with Gasteiger partial charge in [0.25, 0.3) is 0 Å². The van der Waals surface area contributed by atoms with Crippen molar-refractivity contribution in [3.05, 3.63) is 0 Å². The highest BCUT2D eigenvalue weighted by Crippen LogP contribution is 2.25. The topological polar surface area (TPSA) is 70.1 Å². The third-order valence-electron chi connectivity index (χ3n) is 4.43. The van der Waals surface area contributed by atoms with E-state index < -0.39 is 11.9 Å². The molecule has 3 unspecified atom stereocenters. The second-order valence-electron chi connectivity index (χ2n) is 5.91. The summed E-state index contributed by atoms with van der Waals surface area (Å²) in [6.07, 6.45) is 2.68. The Balaban J connectivity index is 1.88. The van der Waals surface area contributed by atoms with Crippen LogP contribution in [0.4, 0.5) is 4.79 Å². The number of carboxylic acid groups (broad SMARTS) is 1. The molecule has 2 saturated heterocycles. The van der Waals surface area contributed by atoms with E-state index in [2.05, 4.69) is 0 Å². The van der Waals surface area contributed by atoms with E-state index >= 15 is 0 Å². The molecule has 0 spiro atoms. The Labute approximate surface area is 119 Å². The second kappa shape index (κ2) is 6.43. The molecule has 0 radical (unpaired) electrons. The number of aliphatic carboxylic acids is 1. The molecule has 0 aromatic carbocycles. The van der Waals surface area contributed by atoms with Crippen molar-refractivity contribution in [1.29, 1.82) is 0 Å². The number of hydrogen-bond donors (Lipinski definition) is 1. The highest BCUT2D eigenvalue weighted by atomic mass is 16.5. The first-order chi connectivity index (χ1) is 9.50. The fourth-order valence-electron chi connectivity index (χ4n) is 3.18. The van der Waals surface area contributed by atoms with Gasteiger partial charge in [-0.1, -0.05) is 0 Å². The maximum atomic E-state index is 12.4. The van der Waals surface area contributed by atoms with Gasteiger partial charge >= 0.3 is 12.0 Å². The van der Waals surface area contributed by atoms with Gasteiger partial charge in [0.2, 0.25) is 0 Å². The van der Waals surface area contributed by atoms with Crippen LogP contribution in [0, 0.1) is 11.8 Å². The molecule has 114 valence electrons. The number of carbonyl (C=O) groups is 2. The van der Waals surface area contributed by atoms with Crippen LogP contribution >= 0.6 is 0 Å². The number of urea groups is 1. The maximum Gasteiger partial charge on any atom is 0.320 e. The van der Waals surface area contributed by atoms with Gasteiger partial charge in [-0.15, -0.1) is 0 Å². The Bertz CT molecular complexity index is 368. The molecule has 2 fully saturated rings. The molecule has 6 nitrogen and oxygen atoms in total. The molecule has 0 aromatic heterocycles. The molecule has 0 aliphatic carbocycles. The first kappa shape index (κ1) is 15.1. The maximum absolute atomic E-state index is 12.4. The Kier molecular flexibility index (Phi) is 4.86.